The van der Waals surface area contributed by atoms with Crippen molar-refractivity contribution < 1.29 is 14.6 Å². The van der Waals surface area contributed by atoms with E-state index < -0.39 is 6.10 Å². The van der Waals surface area contributed by atoms with Gasteiger partial charge in [-0.15, -0.1) is 0 Å². The Morgan fingerprint density at radius 2 is 1.87 bits per heavy atom. The highest BCUT2D eigenvalue weighted by atomic mass is 16.5. The van der Waals surface area contributed by atoms with Crippen LogP contribution < -0.4 is 5.32 Å². The van der Waals surface area contributed by atoms with E-state index in [1.807, 2.05) is 13.8 Å². The molecule has 134 valence electrons. The molecule has 1 amide bonds. The molecular formula is C18H34N2O3. The van der Waals surface area contributed by atoms with Crippen LogP contribution in [0.15, 0.2) is 0 Å². The molecule has 0 aromatic heterocycles. The summed E-state index contributed by atoms with van der Waals surface area (Å²) in [6, 6.07) is 0.309. The molecule has 0 aromatic carbocycles. The summed E-state index contributed by atoms with van der Waals surface area (Å²) < 4.78 is 5.45. The smallest absolute Gasteiger partial charge is 0.220 e. The van der Waals surface area contributed by atoms with Crippen LogP contribution in [0.25, 0.3) is 0 Å². The molecule has 1 saturated carbocycles. The largest absolute Gasteiger partial charge is 0.389 e. The van der Waals surface area contributed by atoms with Crippen LogP contribution in [-0.2, 0) is 9.53 Å². The number of rotatable bonds is 8. The Balaban J connectivity index is 1.58. The molecule has 2 N–H and O–H groups in total. The first-order chi connectivity index (χ1) is 11.0. The predicted octanol–water partition coefficient (Wildman–Crippen LogP) is 1.93. The first kappa shape index (κ1) is 18.7. The molecule has 0 spiro atoms. The highest BCUT2D eigenvalue weighted by Gasteiger charge is 2.24. The summed E-state index contributed by atoms with van der Waals surface area (Å²) in [7, 11) is 0. The van der Waals surface area contributed by atoms with Crippen LogP contribution in [0.4, 0.5) is 0 Å². The van der Waals surface area contributed by atoms with Crippen molar-refractivity contribution in [3.63, 3.8) is 0 Å². The SMILES string of the molecule is CC(C)OCC(O)CN1CCC(NC(=O)CC2CCCC2)CC1. The molecule has 2 fully saturated rings. The molecule has 0 bridgehead atoms. The molecule has 1 saturated heterocycles. The molecule has 2 rings (SSSR count). The standard InChI is InChI=1S/C18H34N2O3/c1-14(2)23-13-17(21)12-20-9-7-16(8-10-20)19-18(22)11-15-5-3-4-6-15/h14-17,21H,3-13H2,1-2H3,(H,19,22). The molecule has 5 nitrogen and oxygen atoms in total. The van der Waals surface area contributed by atoms with Crippen LogP contribution >= 0.6 is 0 Å². The third-order valence-corrected chi connectivity index (χ3v) is 4.99. The minimum atomic E-state index is -0.425. The van der Waals surface area contributed by atoms with E-state index in [2.05, 4.69) is 10.2 Å². The van der Waals surface area contributed by atoms with Gasteiger partial charge in [-0.2, -0.15) is 0 Å². The van der Waals surface area contributed by atoms with Crippen molar-refractivity contribution in [3.8, 4) is 0 Å². The minimum absolute atomic E-state index is 0.158. The third-order valence-electron chi connectivity index (χ3n) is 4.99. The van der Waals surface area contributed by atoms with E-state index in [1.54, 1.807) is 0 Å². The maximum atomic E-state index is 12.1. The molecule has 1 unspecified atom stereocenters. The van der Waals surface area contributed by atoms with Gasteiger partial charge >= 0.3 is 0 Å². The van der Waals surface area contributed by atoms with Gasteiger partial charge in [-0.25, -0.2) is 0 Å². The topological polar surface area (TPSA) is 61.8 Å². The molecule has 5 heteroatoms. The summed E-state index contributed by atoms with van der Waals surface area (Å²) in [5, 5.41) is 13.2. The quantitative estimate of drug-likeness (QED) is 0.715. The maximum absolute atomic E-state index is 12.1. The molecule has 1 atom stereocenters. The second-order valence-corrected chi connectivity index (χ2v) is 7.53. The van der Waals surface area contributed by atoms with Gasteiger partial charge in [0.25, 0.3) is 0 Å². The van der Waals surface area contributed by atoms with E-state index in [-0.39, 0.29) is 12.0 Å². The van der Waals surface area contributed by atoms with Crippen LogP contribution in [0.3, 0.4) is 0 Å². The number of piperidine rings is 1. The fraction of sp³-hybridized carbons (Fsp3) is 0.944. The molecule has 1 heterocycles. The Kier molecular flexibility index (Phi) is 7.80. The van der Waals surface area contributed by atoms with Gasteiger partial charge in [0, 0.05) is 32.1 Å². The molecule has 23 heavy (non-hydrogen) atoms. The van der Waals surface area contributed by atoms with E-state index in [9.17, 15) is 9.90 Å². The fourth-order valence-corrected chi connectivity index (χ4v) is 3.68. The number of aliphatic hydroxyl groups excluding tert-OH is 1. The molecular weight excluding hydrogens is 292 g/mol. The average Bonchev–Trinajstić information content (AvgIpc) is 3.00. The van der Waals surface area contributed by atoms with Crippen molar-refractivity contribution in [2.24, 2.45) is 5.92 Å². The number of ether oxygens (including phenoxy) is 1. The van der Waals surface area contributed by atoms with Gasteiger partial charge in [0.2, 0.25) is 5.91 Å². The zero-order valence-electron chi connectivity index (χ0n) is 14.8. The number of likely N-dealkylation sites (tertiary alicyclic amines) is 1. The lowest BCUT2D eigenvalue weighted by atomic mass is 10.0. The second kappa shape index (κ2) is 9.60. The lowest BCUT2D eigenvalue weighted by molar-refractivity contribution is -0.123. The molecule has 0 radical (unpaired) electrons. The Labute approximate surface area is 140 Å². The number of nitrogens with zero attached hydrogens (tertiary/aromatic N) is 1. The molecule has 1 aliphatic heterocycles. The lowest BCUT2D eigenvalue weighted by Gasteiger charge is -2.33. The number of carbonyl (C=O) groups is 1. The van der Waals surface area contributed by atoms with Crippen molar-refractivity contribution in [1.82, 2.24) is 10.2 Å². The third kappa shape index (κ3) is 7.19. The van der Waals surface area contributed by atoms with E-state index >= 15 is 0 Å². The normalized spacial score (nSPS) is 22.6. The van der Waals surface area contributed by atoms with Crippen molar-refractivity contribution in [1.29, 1.82) is 0 Å². The molecule has 1 aliphatic carbocycles. The van der Waals surface area contributed by atoms with E-state index in [1.165, 1.54) is 25.7 Å². The van der Waals surface area contributed by atoms with Gasteiger partial charge in [-0.3, -0.25) is 4.79 Å². The van der Waals surface area contributed by atoms with Gasteiger partial charge in [-0.05, 0) is 45.4 Å². The van der Waals surface area contributed by atoms with Gasteiger partial charge in [0.05, 0.1) is 18.8 Å². The number of carbonyl (C=O) groups excluding carboxylic acids is 1. The number of β-amino-alcohol motifs (C(OH)–C–C–N with tert-alkyl or cyclic N) is 1. The number of aliphatic hydroxyl groups is 1. The van der Waals surface area contributed by atoms with Crippen molar-refractivity contribution in [2.45, 2.75) is 77.0 Å². The number of hydrogen-bond donors (Lipinski definition) is 2. The van der Waals surface area contributed by atoms with Gasteiger partial charge in [0.15, 0.2) is 0 Å². The van der Waals surface area contributed by atoms with Crippen molar-refractivity contribution >= 4 is 5.91 Å². The Hall–Kier alpha value is -0.650. The number of hydrogen-bond acceptors (Lipinski definition) is 4. The summed E-state index contributed by atoms with van der Waals surface area (Å²) in [6.45, 7) is 6.89. The van der Waals surface area contributed by atoms with Crippen LogP contribution in [0, 0.1) is 5.92 Å². The molecule has 0 aromatic rings. The number of amides is 1. The first-order valence-electron chi connectivity index (χ1n) is 9.34. The monoisotopic (exact) mass is 326 g/mol. The predicted molar refractivity (Wildman–Crippen MR) is 91.3 cm³/mol. The number of nitrogens with one attached hydrogen (secondary N) is 1. The zero-order chi connectivity index (χ0) is 16.7. The summed E-state index contributed by atoms with van der Waals surface area (Å²) in [4.78, 5) is 14.4. The Morgan fingerprint density at radius 1 is 1.22 bits per heavy atom. The summed E-state index contributed by atoms with van der Waals surface area (Å²) in [5.41, 5.74) is 0. The highest BCUT2D eigenvalue weighted by Crippen LogP contribution is 2.27. The summed E-state index contributed by atoms with van der Waals surface area (Å²) in [6.07, 6.45) is 7.44. The van der Waals surface area contributed by atoms with Gasteiger partial charge in [0.1, 0.15) is 0 Å². The van der Waals surface area contributed by atoms with Crippen molar-refractivity contribution in [2.75, 3.05) is 26.2 Å². The maximum Gasteiger partial charge on any atom is 0.220 e. The lowest BCUT2D eigenvalue weighted by Crippen LogP contribution is -2.47. The second-order valence-electron chi connectivity index (χ2n) is 7.53. The highest BCUT2D eigenvalue weighted by molar-refractivity contribution is 5.76. The van der Waals surface area contributed by atoms with E-state index in [4.69, 9.17) is 4.74 Å². The Bertz CT molecular complexity index is 348. The fourth-order valence-electron chi connectivity index (χ4n) is 3.68. The molecule has 2 aliphatic rings. The van der Waals surface area contributed by atoms with Gasteiger partial charge in [-0.1, -0.05) is 12.8 Å². The van der Waals surface area contributed by atoms with E-state index in [0.717, 1.165) is 25.9 Å². The summed E-state index contributed by atoms with van der Waals surface area (Å²) >= 11 is 0. The van der Waals surface area contributed by atoms with Crippen LogP contribution in [0.5, 0.6) is 0 Å². The van der Waals surface area contributed by atoms with E-state index in [0.29, 0.717) is 31.5 Å². The zero-order valence-corrected chi connectivity index (χ0v) is 14.8. The first-order valence-corrected chi connectivity index (χ1v) is 9.34. The summed E-state index contributed by atoms with van der Waals surface area (Å²) in [5.74, 6) is 0.854. The Morgan fingerprint density at radius 3 is 2.48 bits per heavy atom. The van der Waals surface area contributed by atoms with Crippen LogP contribution in [0.1, 0.15) is 58.8 Å². The van der Waals surface area contributed by atoms with Gasteiger partial charge < -0.3 is 20.1 Å². The van der Waals surface area contributed by atoms with Crippen LogP contribution in [-0.4, -0.2) is 60.4 Å². The van der Waals surface area contributed by atoms with Crippen molar-refractivity contribution in [3.05, 3.63) is 0 Å². The van der Waals surface area contributed by atoms with Crippen LogP contribution in [0.2, 0.25) is 0 Å². The minimum Gasteiger partial charge on any atom is -0.389 e. The average molecular weight is 326 g/mol.